The maximum atomic E-state index is 12.2. The fourth-order valence-corrected chi connectivity index (χ4v) is 2.27. The first-order valence-corrected chi connectivity index (χ1v) is 6.73. The zero-order valence-electron chi connectivity index (χ0n) is 9.92. The number of benzene rings is 2. The molecule has 3 heteroatoms. The van der Waals surface area contributed by atoms with Crippen molar-refractivity contribution in [3.05, 3.63) is 65.7 Å². The number of thioether (sulfide) groups is 1. The maximum Gasteiger partial charge on any atom is 0.234 e. The van der Waals surface area contributed by atoms with Crippen LogP contribution < -0.4 is 0 Å². The predicted molar refractivity (Wildman–Crippen MR) is 73.3 cm³/mol. The molecule has 2 nitrogen and oxygen atoms in total. The van der Waals surface area contributed by atoms with Gasteiger partial charge < -0.3 is 0 Å². The molecule has 0 heterocycles. The van der Waals surface area contributed by atoms with Gasteiger partial charge in [0.1, 0.15) is 0 Å². The highest BCUT2D eigenvalue weighted by Crippen LogP contribution is 2.21. The number of carbonyl (C=O) groups excluding carboxylic acids is 2. The molecule has 2 aromatic carbocycles. The fraction of sp³-hybridized carbons (Fsp3) is 0.0667. The van der Waals surface area contributed by atoms with Crippen LogP contribution in [-0.4, -0.2) is 17.8 Å². The molecule has 0 saturated carbocycles. The van der Waals surface area contributed by atoms with Crippen LogP contribution in [0.5, 0.6) is 0 Å². The smallest absolute Gasteiger partial charge is 0.234 e. The lowest BCUT2D eigenvalue weighted by atomic mass is 10.0. The van der Waals surface area contributed by atoms with Gasteiger partial charge in [0.05, 0.1) is 0 Å². The molecule has 2 rings (SSSR count). The summed E-state index contributed by atoms with van der Waals surface area (Å²) in [6, 6.07) is 15.8. The van der Waals surface area contributed by atoms with Crippen LogP contribution in [0.2, 0.25) is 0 Å². The first-order chi connectivity index (χ1) is 8.74. The molecule has 0 radical (unpaired) electrons. The third kappa shape index (κ3) is 2.51. The minimum absolute atomic E-state index is 0.429. The number of hydrogen-bond acceptors (Lipinski definition) is 3. The van der Waals surface area contributed by atoms with Crippen LogP contribution in [0.15, 0.2) is 59.5 Å². The van der Waals surface area contributed by atoms with E-state index in [0.717, 1.165) is 4.90 Å². The second kappa shape index (κ2) is 5.65. The lowest BCUT2D eigenvalue weighted by Crippen LogP contribution is -2.15. The monoisotopic (exact) mass is 256 g/mol. The van der Waals surface area contributed by atoms with Crippen LogP contribution in [0.1, 0.15) is 20.7 Å². The molecule has 0 fully saturated rings. The van der Waals surface area contributed by atoms with E-state index in [1.165, 1.54) is 11.8 Å². The second-order valence-corrected chi connectivity index (χ2v) is 4.57. The Balaban J connectivity index is 2.35. The quantitative estimate of drug-likeness (QED) is 0.477. The van der Waals surface area contributed by atoms with Gasteiger partial charge in [0.25, 0.3) is 0 Å². The summed E-state index contributed by atoms with van der Waals surface area (Å²) < 4.78 is 0. The minimum atomic E-state index is -0.461. The largest absolute Gasteiger partial charge is 0.285 e. The normalized spacial score (nSPS) is 10.1. The van der Waals surface area contributed by atoms with Gasteiger partial charge in [0, 0.05) is 16.0 Å². The van der Waals surface area contributed by atoms with Gasteiger partial charge in [-0.1, -0.05) is 42.5 Å². The third-order valence-electron chi connectivity index (χ3n) is 2.59. The number of carbonyl (C=O) groups is 2. The summed E-state index contributed by atoms with van der Waals surface area (Å²) >= 11 is 1.46. The molecule has 18 heavy (non-hydrogen) atoms. The van der Waals surface area contributed by atoms with Gasteiger partial charge in [-0.05, 0) is 18.4 Å². The Bertz CT molecular complexity index is 576. The van der Waals surface area contributed by atoms with Crippen molar-refractivity contribution >= 4 is 23.3 Å². The maximum absolute atomic E-state index is 12.2. The Morgan fingerprint density at radius 3 is 2.11 bits per heavy atom. The summed E-state index contributed by atoms with van der Waals surface area (Å²) in [5.41, 5.74) is 0.900. The summed E-state index contributed by atoms with van der Waals surface area (Å²) in [6.07, 6.45) is 1.89. The van der Waals surface area contributed by atoms with Crippen LogP contribution in [0.25, 0.3) is 0 Å². The van der Waals surface area contributed by atoms with E-state index in [-0.39, 0.29) is 0 Å². The average molecular weight is 256 g/mol. The van der Waals surface area contributed by atoms with Gasteiger partial charge in [-0.3, -0.25) is 9.59 Å². The van der Waals surface area contributed by atoms with Gasteiger partial charge in [-0.25, -0.2) is 0 Å². The highest BCUT2D eigenvalue weighted by atomic mass is 32.2. The second-order valence-electron chi connectivity index (χ2n) is 3.72. The Labute approximate surface area is 110 Å². The van der Waals surface area contributed by atoms with Crippen molar-refractivity contribution in [3.8, 4) is 0 Å². The van der Waals surface area contributed by atoms with E-state index >= 15 is 0 Å². The van der Waals surface area contributed by atoms with Crippen molar-refractivity contribution in [2.45, 2.75) is 4.90 Å². The van der Waals surface area contributed by atoms with E-state index in [2.05, 4.69) is 0 Å². The first-order valence-electron chi connectivity index (χ1n) is 5.51. The van der Waals surface area contributed by atoms with Crippen LogP contribution in [0.4, 0.5) is 0 Å². The van der Waals surface area contributed by atoms with Gasteiger partial charge in [0.15, 0.2) is 0 Å². The van der Waals surface area contributed by atoms with Crippen molar-refractivity contribution < 1.29 is 9.59 Å². The summed E-state index contributed by atoms with van der Waals surface area (Å²) in [7, 11) is 0. The topological polar surface area (TPSA) is 34.1 Å². The Morgan fingerprint density at radius 1 is 0.833 bits per heavy atom. The number of rotatable bonds is 4. The van der Waals surface area contributed by atoms with E-state index in [9.17, 15) is 9.59 Å². The van der Waals surface area contributed by atoms with Crippen molar-refractivity contribution in [3.63, 3.8) is 0 Å². The molecule has 0 bridgehead atoms. The van der Waals surface area contributed by atoms with Crippen molar-refractivity contribution in [1.82, 2.24) is 0 Å². The molecule has 0 unspecified atom stereocenters. The van der Waals surface area contributed by atoms with Crippen LogP contribution in [0, 0.1) is 0 Å². The van der Waals surface area contributed by atoms with Crippen LogP contribution >= 0.6 is 11.8 Å². The number of Topliss-reactive ketones (excluding diaryl/α,β-unsaturated/α-hetero) is 2. The molecule has 0 N–H and O–H groups in total. The van der Waals surface area contributed by atoms with Crippen LogP contribution in [-0.2, 0) is 0 Å². The number of ketones is 2. The van der Waals surface area contributed by atoms with Crippen molar-refractivity contribution in [2.75, 3.05) is 6.26 Å². The van der Waals surface area contributed by atoms with E-state index in [1.54, 1.807) is 36.4 Å². The average Bonchev–Trinajstić information content (AvgIpc) is 2.46. The third-order valence-corrected chi connectivity index (χ3v) is 3.39. The molecule has 90 valence electrons. The molecule has 0 aliphatic heterocycles. The summed E-state index contributed by atoms with van der Waals surface area (Å²) in [6.45, 7) is 0. The summed E-state index contributed by atoms with van der Waals surface area (Å²) in [4.78, 5) is 25.0. The van der Waals surface area contributed by atoms with Gasteiger partial charge in [-0.15, -0.1) is 11.8 Å². The lowest BCUT2D eigenvalue weighted by Gasteiger charge is -2.05. The Hall–Kier alpha value is -1.87. The molecule has 0 aromatic heterocycles. The molecule has 0 aliphatic carbocycles. The van der Waals surface area contributed by atoms with Crippen molar-refractivity contribution in [1.29, 1.82) is 0 Å². The highest BCUT2D eigenvalue weighted by Gasteiger charge is 2.20. The molecule has 0 amide bonds. The van der Waals surface area contributed by atoms with Gasteiger partial charge >= 0.3 is 0 Å². The van der Waals surface area contributed by atoms with E-state index in [4.69, 9.17) is 0 Å². The molecule has 0 atom stereocenters. The van der Waals surface area contributed by atoms with E-state index in [1.807, 2.05) is 24.5 Å². The van der Waals surface area contributed by atoms with E-state index in [0.29, 0.717) is 11.1 Å². The molecule has 0 aliphatic rings. The molecule has 0 saturated heterocycles. The predicted octanol–water partition coefficient (Wildman–Crippen LogP) is 3.47. The molecule has 2 aromatic rings. The van der Waals surface area contributed by atoms with Gasteiger partial charge in [-0.2, -0.15) is 0 Å². The van der Waals surface area contributed by atoms with E-state index < -0.39 is 11.6 Å². The zero-order valence-corrected chi connectivity index (χ0v) is 10.7. The lowest BCUT2D eigenvalue weighted by molar-refractivity contribution is 0.0815. The first kappa shape index (κ1) is 12.6. The Kier molecular flexibility index (Phi) is 3.95. The number of hydrogen-bond donors (Lipinski definition) is 0. The highest BCUT2D eigenvalue weighted by molar-refractivity contribution is 7.98. The molecular weight excluding hydrogens is 244 g/mol. The minimum Gasteiger partial charge on any atom is -0.285 e. The van der Waals surface area contributed by atoms with Crippen molar-refractivity contribution in [2.24, 2.45) is 0 Å². The zero-order chi connectivity index (χ0) is 13.0. The van der Waals surface area contributed by atoms with Crippen LogP contribution in [0.3, 0.4) is 0 Å². The van der Waals surface area contributed by atoms with Gasteiger partial charge in [0.2, 0.25) is 11.6 Å². The summed E-state index contributed by atoms with van der Waals surface area (Å²) in [5.74, 6) is -0.914. The summed E-state index contributed by atoms with van der Waals surface area (Å²) in [5, 5.41) is 0. The SMILES string of the molecule is CSc1ccccc1C(=O)C(=O)c1ccccc1. The fourth-order valence-electron chi connectivity index (χ4n) is 1.68. The standard InChI is InChI=1S/C15H12O2S/c1-18-13-10-6-5-9-12(13)15(17)14(16)11-7-3-2-4-8-11/h2-10H,1H3. The molecule has 0 spiro atoms. The molecular formula is C15H12O2S. The Morgan fingerprint density at radius 2 is 1.44 bits per heavy atom.